The highest BCUT2D eigenvalue weighted by Gasteiger charge is 2.15. The number of pyridine rings is 1. The largest absolute Gasteiger partial charge is 0.325 e. The van der Waals surface area contributed by atoms with Crippen LogP contribution in [0.3, 0.4) is 0 Å². The van der Waals surface area contributed by atoms with Gasteiger partial charge < -0.3 is 10.6 Å². The summed E-state index contributed by atoms with van der Waals surface area (Å²) >= 11 is 0. The van der Waals surface area contributed by atoms with Crippen molar-refractivity contribution in [3.05, 3.63) is 41.5 Å². The van der Waals surface area contributed by atoms with Crippen LogP contribution in [-0.4, -0.2) is 21.5 Å². The van der Waals surface area contributed by atoms with Gasteiger partial charge in [-0.2, -0.15) is 0 Å². The third-order valence-electron chi connectivity index (χ3n) is 3.01. The van der Waals surface area contributed by atoms with Crippen molar-refractivity contribution in [3.63, 3.8) is 0 Å². The molecule has 92 valence electrons. The van der Waals surface area contributed by atoms with Crippen LogP contribution < -0.4 is 10.6 Å². The molecule has 5 heteroatoms. The van der Waals surface area contributed by atoms with E-state index >= 15 is 0 Å². The number of hydrogen-bond acceptors (Lipinski definition) is 5. The Morgan fingerprint density at radius 1 is 1.28 bits per heavy atom. The van der Waals surface area contributed by atoms with E-state index in [0.29, 0.717) is 0 Å². The molecule has 0 amide bonds. The Kier molecular flexibility index (Phi) is 2.90. The highest BCUT2D eigenvalue weighted by Crippen LogP contribution is 2.21. The summed E-state index contributed by atoms with van der Waals surface area (Å²) in [6.45, 7) is 3.76. The van der Waals surface area contributed by atoms with E-state index in [1.54, 1.807) is 6.33 Å². The van der Waals surface area contributed by atoms with E-state index in [9.17, 15) is 0 Å². The van der Waals surface area contributed by atoms with E-state index < -0.39 is 0 Å². The zero-order valence-corrected chi connectivity index (χ0v) is 10.3. The van der Waals surface area contributed by atoms with Gasteiger partial charge in [-0.3, -0.25) is 0 Å². The molecule has 0 aromatic carbocycles. The van der Waals surface area contributed by atoms with Crippen molar-refractivity contribution in [3.8, 4) is 0 Å². The molecule has 1 aliphatic rings. The third-order valence-corrected chi connectivity index (χ3v) is 3.01. The maximum atomic E-state index is 4.43. The van der Waals surface area contributed by atoms with Crippen molar-refractivity contribution in [2.75, 3.05) is 11.9 Å². The molecule has 0 saturated carbocycles. The molecule has 0 atom stereocenters. The molecule has 1 aliphatic heterocycles. The molecule has 18 heavy (non-hydrogen) atoms. The van der Waals surface area contributed by atoms with Gasteiger partial charge in [0.15, 0.2) is 0 Å². The normalized spacial score (nSPS) is 14.1. The maximum Gasteiger partial charge on any atom is 0.138 e. The molecule has 2 aromatic heterocycles. The number of hydrogen-bond donors (Lipinski definition) is 2. The highest BCUT2D eigenvalue weighted by atomic mass is 15.1. The molecule has 3 rings (SSSR count). The van der Waals surface area contributed by atoms with Crippen molar-refractivity contribution < 1.29 is 0 Å². The second-order valence-corrected chi connectivity index (χ2v) is 4.36. The van der Waals surface area contributed by atoms with Crippen LogP contribution in [-0.2, 0) is 13.0 Å². The number of aromatic nitrogens is 3. The fraction of sp³-hybridized carbons (Fsp3) is 0.308. The molecule has 2 aromatic rings. The first-order valence-electron chi connectivity index (χ1n) is 6.07. The molecule has 0 saturated heterocycles. The smallest absolute Gasteiger partial charge is 0.138 e. The molecule has 0 bridgehead atoms. The van der Waals surface area contributed by atoms with Gasteiger partial charge in [-0.05, 0) is 32.0 Å². The SMILES string of the molecule is Cc1cccc(Nc2ncnc3c2CCNC3)n1. The Labute approximate surface area is 106 Å². The quantitative estimate of drug-likeness (QED) is 0.835. The minimum Gasteiger partial charge on any atom is -0.325 e. The standard InChI is InChI=1S/C13H15N5/c1-9-3-2-4-12(17-9)18-13-10-5-6-14-7-11(10)15-8-16-13/h2-4,8,14H,5-7H2,1H3,(H,15,16,17,18). The lowest BCUT2D eigenvalue weighted by Crippen LogP contribution is -2.25. The summed E-state index contributed by atoms with van der Waals surface area (Å²) in [4.78, 5) is 13.1. The lowest BCUT2D eigenvalue weighted by molar-refractivity contribution is 0.624. The predicted octanol–water partition coefficient (Wildman–Crippen LogP) is 1.57. The number of anilines is 2. The van der Waals surface area contributed by atoms with Crippen molar-refractivity contribution in [2.24, 2.45) is 0 Å². The van der Waals surface area contributed by atoms with E-state index in [1.807, 2.05) is 25.1 Å². The van der Waals surface area contributed by atoms with Crippen LogP contribution in [0.2, 0.25) is 0 Å². The maximum absolute atomic E-state index is 4.43. The number of fused-ring (bicyclic) bond motifs is 1. The van der Waals surface area contributed by atoms with E-state index in [2.05, 4.69) is 25.6 Å². The van der Waals surface area contributed by atoms with Gasteiger partial charge in [0.05, 0.1) is 5.69 Å². The number of rotatable bonds is 2. The average molecular weight is 241 g/mol. The first kappa shape index (κ1) is 11.1. The Morgan fingerprint density at radius 3 is 3.11 bits per heavy atom. The summed E-state index contributed by atoms with van der Waals surface area (Å²) in [7, 11) is 0. The molecular formula is C13H15N5. The first-order chi connectivity index (χ1) is 8.83. The molecule has 0 unspecified atom stereocenters. The van der Waals surface area contributed by atoms with Gasteiger partial charge in [0.25, 0.3) is 0 Å². The van der Waals surface area contributed by atoms with Crippen LogP contribution >= 0.6 is 0 Å². The number of nitrogens with one attached hydrogen (secondary N) is 2. The van der Waals surface area contributed by atoms with E-state index in [4.69, 9.17) is 0 Å². The molecule has 3 heterocycles. The molecule has 0 spiro atoms. The zero-order chi connectivity index (χ0) is 12.4. The molecule has 0 aliphatic carbocycles. The van der Waals surface area contributed by atoms with Crippen LogP contribution in [0.1, 0.15) is 17.0 Å². The summed E-state index contributed by atoms with van der Waals surface area (Å²) in [6, 6.07) is 5.91. The number of nitrogens with zero attached hydrogens (tertiary/aromatic N) is 3. The van der Waals surface area contributed by atoms with Gasteiger partial charge in [-0.25, -0.2) is 15.0 Å². The summed E-state index contributed by atoms with van der Waals surface area (Å²) in [5, 5.41) is 6.59. The van der Waals surface area contributed by atoms with E-state index in [0.717, 1.165) is 42.5 Å². The number of aryl methyl sites for hydroxylation is 1. The second kappa shape index (κ2) is 4.70. The van der Waals surface area contributed by atoms with Gasteiger partial charge in [0.1, 0.15) is 18.0 Å². The van der Waals surface area contributed by atoms with E-state index in [1.165, 1.54) is 5.56 Å². The van der Waals surface area contributed by atoms with Crippen LogP contribution in [0.25, 0.3) is 0 Å². The lowest BCUT2D eigenvalue weighted by Gasteiger charge is -2.18. The van der Waals surface area contributed by atoms with Gasteiger partial charge in [-0.15, -0.1) is 0 Å². The van der Waals surface area contributed by atoms with Crippen molar-refractivity contribution in [1.82, 2.24) is 20.3 Å². The molecule has 0 fully saturated rings. The monoisotopic (exact) mass is 241 g/mol. The van der Waals surface area contributed by atoms with Gasteiger partial charge >= 0.3 is 0 Å². The summed E-state index contributed by atoms with van der Waals surface area (Å²) in [6.07, 6.45) is 2.55. The van der Waals surface area contributed by atoms with Crippen molar-refractivity contribution in [1.29, 1.82) is 0 Å². The molecule has 0 radical (unpaired) electrons. The van der Waals surface area contributed by atoms with E-state index in [-0.39, 0.29) is 0 Å². The lowest BCUT2D eigenvalue weighted by atomic mass is 10.1. The van der Waals surface area contributed by atoms with Gasteiger partial charge in [0.2, 0.25) is 0 Å². The predicted molar refractivity (Wildman–Crippen MR) is 69.7 cm³/mol. The van der Waals surface area contributed by atoms with Crippen molar-refractivity contribution >= 4 is 11.6 Å². The minimum atomic E-state index is 0.813. The minimum absolute atomic E-state index is 0.813. The summed E-state index contributed by atoms with van der Waals surface area (Å²) in [5.41, 5.74) is 3.26. The molecule has 5 nitrogen and oxygen atoms in total. The Balaban J connectivity index is 1.93. The summed E-state index contributed by atoms with van der Waals surface area (Å²) in [5.74, 6) is 1.70. The molecule has 2 N–H and O–H groups in total. The summed E-state index contributed by atoms with van der Waals surface area (Å²) < 4.78 is 0. The molecular weight excluding hydrogens is 226 g/mol. The average Bonchev–Trinajstić information content (AvgIpc) is 2.39. The van der Waals surface area contributed by atoms with Gasteiger partial charge in [-0.1, -0.05) is 6.07 Å². The Bertz CT molecular complexity index is 567. The fourth-order valence-corrected chi connectivity index (χ4v) is 2.13. The highest BCUT2D eigenvalue weighted by molar-refractivity contribution is 5.57. The topological polar surface area (TPSA) is 62.7 Å². The van der Waals surface area contributed by atoms with Gasteiger partial charge in [0, 0.05) is 17.8 Å². The van der Waals surface area contributed by atoms with Crippen LogP contribution in [0.5, 0.6) is 0 Å². The zero-order valence-electron chi connectivity index (χ0n) is 10.3. The van der Waals surface area contributed by atoms with Crippen LogP contribution in [0, 0.1) is 6.92 Å². The Hall–Kier alpha value is -2.01. The van der Waals surface area contributed by atoms with Crippen LogP contribution in [0.4, 0.5) is 11.6 Å². The first-order valence-corrected chi connectivity index (χ1v) is 6.07. The fourth-order valence-electron chi connectivity index (χ4n) is 2.13. The van der Waals surface area contributed by atoms with Crippen molar-refractivity contribution in [2.45, 2.75) is 19.9 Å². The second-order valence-electron chi connectivity index (χ2n) is 4.36. The van der Waals surface area contributed by atoms with Crippen LogP contribution in [0.15, 0.2) is 24.5 Å². The third kappa shape index (κ3) is 2.17. The Morgan fingerprint density at radius 2 is 2.22 bits per heavy atom.